The molecule has 0 atom stereocenters. The fourth-order valence-electron chi connectivity index (χ4n) is 2.52. The maximum absolute atomic E-state index is 11.4. The Bertz CT molecular complexity index is 859. The number of carbonyl (C=O) groups is 1. The number of para-hydroxylation sites is 1. The Morgan fingerprint density at radius 3 is 2.67 bits per heavy atom. The van der Waals surface area contributed by atoms with E-state index in [4.69, 9.17) is 11.5 Å². The second kappa shape index (κ2) is 6.41. The van der Waals surface area contributed by atoms with Gasteiger partial charge in [-0.15, -0.1) is 0 Å². The van der Waals surface area contributed by atoms with Gasteiger partial charge in [0.2, 0.25) is 0 Å². The van der Waals surface area contributed by atoms with E-state index in [-0.39, 0.29) is 11.4 Å². The summed E-state index contributed by atoms with van der Waals surface area (Å²) in [6, 6.07) is 11.3. The summed E-state index contributed by atoms with van der Waals surface area (Å²) >= 11 is 0. The average molecular weight is 322 g/mol. The molecule has 0 fully saturated rings. The summed E-state index contributed by atoms with van der Waals surface area (Å²) in [6.45, 7) is 2.56. The van der Waals surface area contributed by atoms with Gasteiger partial charge >= 0.3 is 0 Å². The molecule has 0 radical (unpaired) electrons. The number of aromatic amines is 1. The van der Waals surface area contributed by atoms with Gasteiger partial charge in [-0.3, -0.25) is 4.79 Å². The number of imidazole rings is 1. The summed E-state index contributed by atoms with van der Waals surface area (Å²) in [7, 11) is 0. The average Bonchev–Trinajstić information content (AvgIpc) is 3.06. The topological polar surface area (TPSA) is 114 Å². The minimum absolute atomic E-state index is 0.114. The van der Waals surface area contributed by atoms with Gasteiger partial charge in [-0.25, -0.2) is 9.97 Å². The van der Waals surface area contributed by atoms with Gasteiger partial charge in [0.15, 0.2) is 0 Å². The Labute approximate surface area is 139 Å². The first kappa shape index (κ1) is 15.5. The van der Waals surface area contributed by atoms with Crippen LogP contribution in [0.1, 0.15) is 21.6 Å². The van der Waals surface area contributed by atoms with Gasteiger partial charge in [0.25, 0.3) is 5.91 Å². The molecule has 0 saturated carbocycles. The highest BCUT2D eigenvalue weighted by atomic mass is 16.1. The van der Waals surface area contributed by atoms with Crippen LogP contribution < -0.4 is 16.4 Å². The largest absolute Gasteiger partial charge is 0.383 e. The van der Waals surface area contributed by atoms with Crippen molar-refractivity contribution >= 4 is 23.2 Å². The highest BCUT2D eigenvalue weighted by Gasteiger charge is 2.16. The number of carbonyl (C=O) groups excluding carboxylic acids is 1. The summed E-state index contributed by atoms with van der Waals surface area (Å²) in [4.78, 5) is 24.9. The zero-order chi connectivity index (χ0) is 17.1. The normalized spacial score (nSPS) is 10.5. The Morgan fingerprint density at radius 1 is 1.25 bits per heavy atom. The highest BCUT2D eigenvalue weighted by molar-refractivity contribution is 5.97. The minimum Gasteiger partial charge on any atom is -0.383 e. The van der Waals surface area contributed by atoms with Crippen molar-refractivity contribution in [3.05, 3.63) is 65.7 Å². The van der Waals surface area contributed by atoms with Crippen molar-refractivity contribution in [1.29, 1.82) is 0 Å². The predicted octanol–water partition coefficient (Wildman–Crippen LogP) is 2.13. The van der Waals surface area contributed by atoms with Crippen LogP contribution in [0.4, 0.5) is 17.3 Å². The summed E-state index contributed by atoms with van der Waals surface area (Å²) < 4.78 is 0. The first-order valence-corrected chi connectivity index (χ1v) is 7.43. The molecular weight excluding hydrogens is 304 g/mol. The smallest absolute Gasteiger partial charge is 0.252 e. The van der Waals surface area contributed by atoms with E-state index < -0.39 is 5.91 Å². The number of hydrogen-bond acceptors (Lipinski definition) is 5. The number of rotatable bonds is 5. The van der Waals surface area contributed by atoms with Gasteiger partial charge in [0, 0.05) is 11.9 Å². The van der Waals surface area contributed by atoms with Gasteiger partial charge < -0.3 is 21.4 Å². The van der Waals surface area contributed by atoms with E-state index >= 15 is 0 Å². The van der Waals surface area contributed by atoms with Crippen molar-refractivity contribution in [3.8, 4) is 0 Å². The lowest BCUT2D eigenvalue weighted by Gasteiger charge is -2.25. The third-order valence-electron chi connectivity index (χ3n) is 3.74. The zero-order valence-electron chi connectivity index (χ0n) is 13.2. The number of nitrogens with zero attached hydrogens (tertiary/aromatic N) is 3. The molecule has 0 saturated heterocycles. The van der Waals surface area contributed by atoms with Gasteiger partial charge in [-0.2, -0.15) is 0 Å². The predicted molar refractivity (Wildman–Crippen MR) is 92.8 cm³/mol. The number of H-pyrrole nitrogens is 1. The van der Waals surface area contributed by atoms with E-state index in [9.17, 15) is 4.79 Å². The molecule has 7 nitrogen and oxygen atoms in total. The van der Waals surface area contributed by atoms with Crippen LogP contribution >= 0.6 is 0 Å². The summed E-state index contributed by atoms with van der Waals surface area (Å²) in [5.41, 5.74) is 14.4. The number of nitrogen functional groups attached to an aromatic ring is 1. The standard InChI is InChI=1S/C17H18N6O/c1-11-4-2-3-5-14(11)23(9-12-8-20-10-21-12)15-7-6-13(17(19)24)16(18)22-15/h2-8,10H,9H2,1H3,(H2,18,22)(H2,19,24)(H,20,21). The third-order valence-corrected chi connectivity index (χ3v) is 3.74. The number of hydrogen-bond donors (Lipinski definition) is 3. The fraction of sp³-hybridized carbons (Fsp3) is 0.118. The van der Waals surface area contributed by atoms with Gasteiger partial charge in [-0.1, -0.05) is 18.2 Å². The molecule has 24 heavy (non-hydrogen) atoms. The van der Waals surface area contributed by atoms with Crippen molar-refractivity contribution in [2.45, 2.75) is 13.5 Å². The lowest BCUT2D eigenvalue weighted by atomic mass is 10.1. The number of amides is 1. The van der Waals surface area contributed by atoms with E-state index in [1.165, 1.54) is 0 Å². The Balaban J connectivity index is 2.06. The van der Waals surface area contributed by atoms with Crippen molar-refractivity contribution in [2.24, 2.45) is 5.73 Å². The number of aromatic nitrogens is 3. The number of aryl methyl sites for hydroxylation is 1. The number of pyridine rings is 1. The van der Waals surface area contributed by atoms with Crippen LogP contribution in [-0.4, -0.2) is 20.9 Å². The lowest BCUT2D eigenvalue weighted by molar-refractivity contribution is 0.100. The molecule has 122 valence electrons. The summed E-state index contributed by atoms with van der Waals surface area (Å²) in [6.07, 6.45) is 3.38. The summed E-state index contributed by atoms with van der Waals surface area (Å²) in [5.74, 6) is 0.146. The minimum atomic E-state index is -0.595. The second-order valence-electron chi connectivity index (χ2n) is 5.42. The Hall–Kier alpha value is -3.35. The quantitative estimate of drug-likeness (QED) is 0.666. The molecule has 2 aromatic heterocycles. The van der Waals surface area contributed by atoms with Gasteiger partial charge in [0.05, 0.1) is 24.1 Å². The van der Waals surface area contributed by atoms with E-state index in [2.05, 4.69) is 15.0 Å². The van der Waals surface area contributed by atoms with Crippen LogP contribution in [0, 0.1) is 6.92 Å². The van der Waals surface area contributed by atoms with E-state index in [0.717, 1.165) is 16.9 Å². The molecule has 0 aliphatic carbocycles. The van der Waals surface area contributed by atoms with Crippen LogP contribution in [0.5, 0.6) is 0 Å². The van der Waals surface area contributed by atoms with E-state index in [1.54, 1.807) is 24.7 Å². The molecule has 7 heteroatoms. The monoisotopic (exact) mass is 322 g/mol. The van der Waals surface area contributed by atoms with Crippen LogP contribution in [0.2, 0.25) is 0 Å². The van der Waals surface area contributed by atoms with Crippen LogP contribution in [0.15, 0.2) is 48.9 Å². The van der Waals surface area contributed by atoms with Crippen LogP contribution in [0.25, 0.3) is 0 Å². The lowest BCUT2D eigenvalue weighted by Crippen LogP contribution is -2.21. The Kier molecular flexibility index (Phi) is 4.15. The van der Waals surface area contributed by atoms with Crippen molar-refractivity contribution in [3.63, 3.8) is 0 Å². The third kappa shape index (κ3) is 3.05. The van der Waals surface area contributed by atoms with Crippen molar-refractivity contribution < 1.29 is 4.79 Å². The van der Waals surface area contributed by atoms with Crippen molar-refractivity contribution in [2.75, 3.05) is 10.6 Å². The molecular formula is C17H18N6O. The number of anilines is 3. The van der Waals surface area contributed by atoms with E-state index in [0.29, 0.717) is 12.4 Å². The maximum atomic E-state index is 11.4. The number of benzene rings is 1. The van der Waals surface area contributed by atoms with Crippen molar-refractivity contribution in [1.82, 2.24) is 15.0 Å². The molecule has 0 aliphatic rings. The molecule has 1 aromatic carbocycles. The molecule has 0 bridgehead atoms. The number of nitrogens with one attached hydrogen (secondary N) is 1. The first-order chi connectivity index (χ1) is 11.6. The molecule has 3 aromatic rings. The highest BCUT2D eigenvalue weighted by Crippen LogP contribution is 2.29. The molecule has 5 N–H and O–H groups in total. The fourth-order valence-corrected chi connectivity index (χ4v) is 2.52. The number of nitrogens with two attached hydrogens (primary N) is 2. The molecule has 1 amide bonds. The molecule has 0 spiro atoms. The van der Waals surface area contributed by atoms with Gasteiger partial charge in [0.1, 0.15) is 11.6 Å². The van der Waals surface area contributed by atoms with Gasteiger partial charge in [-0.05, 0) is 30.7 Å². The zero-order valence-corrected chi connectivity index (χ0v) is 13.2. The second-order valence-corrected chi connectivity index (χ2v) is 5.42. The SMILES string of the molecule is Cc1ccccc1N(Cc1cnc[nH]1)c1ccc(C(N)=O)c(N)n1. The van der Waals surface area contributed by atoms with Crippen LogP contribution in [0.3, 0.4) is 0 Å². The Morgan fingerprint density at radius 2 is 2.04 bits per heavy atom. The van der Waals surface area contributed by atoms with Crippen LogP contribution in [-0.2, 0) is 6.54 Å². The molecule has 0 aliphatic heterocycles. The molecule has 0 unspecified atom stereocenters. The molecule has 2 heterocycles. The maximum Gasteiger partial charge on any atom is 0.252 e. The number of primary amides is 1. The first-order valence-electron chi connectivity index (χ1n) is 7.43. The summed E-state index contributed by atoms with van der Waals surface area (Å²) in [5, 5.41) is 0. The molecule has 3 rings (SSSR count). The van der Waals surface area contributed by atoms with E-state index in [1.807, 2.05) is 36.1 Å².